The molecule has 0 fully saturated rings. The number of fused-ring (bicyclic) bond motifs is 9. The zero-order valence-corrected chi connectivity index (χ0v) is 40.7. The molecule has 0 bridgehead atoms. The summed E-state index contributed by atoms with van der Waals surface area (Å²) in [7, 11) is 24.5. The van der Waals surface area contributed by atoms with Crippen molar-refractivity contribution in [3.63, 3.8) is 0 Å². The summed E-state index contributed by atoms with van der Waals surface area (Å²) in [5.74, 6) is 1.88. The Labute approximate surface area is 405 Å². The Kier molecular flexibility index (Phi) is 9.61. The van der Waals surface area contributed by atoms with E-state index in [0.29, 0.717) is 17.6 Å². The standard InChI is InChI=1S/C51H42B11N5O/c52-35-32-31-33(49-63-50(34-37(54)39(56)42(59)40(57)38(34)55)65-51(64-49)67-28-16-8-5-12-23(28)24-13-6-9-17-29(24)67)36(53)41(58)44(61)47(31)68-48(32)45(62)46(43(35)60)66-27-15-7-4-14-25(27)26-19-18-22(20-30(26)66)21-10-2-1-3-11-21/h1-20H,52-62H2. The number of hydrogen-bond acceptors (Lipinski definition) is 4. The summed E-state index contributed by atoms with van der Waals surface area (Å²) >= 11 is 0. The van der Waals surface area contributed by atoms with E-state index in [-0.39, 0.29) is 0 Å². The van der Waals surface area contributed by atoms with Crippen molar-refractivity contribution in [2.75, 3.05) is 0 Å². The van der Waals surface area contributed by atoms with Gasteiger partial charge in [-0.05, 0) is 40.9 Å². The van der Waals surface area contributed by atoms with Crippen LogP contribution >= 0.6 is 0 Å². The van der Waals surface area contributed by atoms with Crippen molar-refractivity contribution in [2.45, 2.75) is 0 Å². The highest BCUT2D eigenvalue weighted by atomic mass is 16.3. The molecule has 0 aliphatic heterocycles. The summed E-state index contributed by atoms with van der Waals surface area (Å²) in [5, 5.41) is 6.90. The van der Waals surface area contributed by atoms with Gasteiger partial charge in [0.15, 0.2) is 11.6 Å². The van der Waals surface area contributed by atoms with E-state index < -0.39 is 0 Å². The second-order valence-corrected chi connectivity index (χ2v) is 19.1. The Bertz CT molecular complexity index is 4100. The molecule has 0 N–H and O–H groups in total. The van der Waals surface area contributed by atoms with Crippen LogP contribution in [0.5, 0.6) is 0 Å². The van der Waals surface area contributed by atoms with Crippen LogP contribution in [0.2, 0.25) is 0 Å². The van der Waals surface area contributed by atoms with Gasteiger partial charge in [-0.2, -0.15) is 9.97 Å². The maximum Gasteiger partial charge on any atom is 0.238 e. The van der Waals surface area contributed by atoms with Gasteiger partial charge in [0, 0.05) is 49.1 Å². The molecule has 0 saturated carbocycles. The summed E-state index contributed by atoms with van der Waals surface area (Å²) in [6.45, 7) is 0. The molecule has 17 heteroatoms. The van der Waals surface area contributed by atoms with Gasteiger partial charge in [0.05, 0.1) is 22.1 Å². The van der Waals surface area contributed by atoms with Crippen LogP contribution in [0.3, 0.4) is 0 Å². The highest BCUT2D eigenvalue weighted by Gasteiger charge is 2.29. The largest absolute Gasteiger partial charge is 0.457 e. The lowest BCUT2D eigenvalue weighted by Gasteiger charge is -2.21. The molecule has 0 radical (unpaired) electrons. The van der Waals surface area contributed by atoms with Gasteiger partial charge >= 0.3 is 0 Å². The fourth-order valence-electron chi connectivity index (χ4n) is 11.4. The summed E-state index contributed by atoms with van der Waals surface area (Å²) in [5.41, 5.74) is 24.8. The first kappa shape index (κ1) is 42.3. The van der Waals surface area contributed by atoms with Crippen LogP contribution in [-0.4, -0.2) is 110 Å². The van der Waals surface area contributed by atoms with E-state index in [0.717, 1.165) is 82.4 Å². The molecule has 12 aromatic rings. The number of rotatable bonds is 5. The lowest BCUT2D eigenvalue weighted by atomic mass is 9.60. The van der Waals surface area contributed by atoms with E-state index in [9.17, 15) is 0 Å². The molecule has 310 valence electrons. The van der Waals surface area contributed by atoms with Crippen molar-refractivity contribution in [3.05, 3.63) is 121 Å². The predicted molar refractivity (Wildman–Crippen MR) is 322 cm³/mol. The smallest absolute Gasteiger partial charge is 0.238 e. The topological polar surface area (TPSA) is 61.7 Å². The first-order chi connectivity index (χ1) is 32.8. The van der Waals surface area contributed by atoms with Gasteiger partial charge in [-0.15, -0.1) is 16.4 Å². The van der Waals surface area contributed by atoms with Crippen molar-refractivity contribution >= 4 is 212 Å². The third kappa shape index (κ3) is 5.90. The zero-order valence-electron chi connectivity index (χ0n) is 40.7. The first-order valence-corrected chi connectivity index (χ1v) is 23.7. The molecule has 6 nitrogen and oxygen atoms in total. The minimum atomic E-state index is 0.586. The average Bonchev–Trinajstić information content (AvgIpc) is 4.03. The molecule has 0 unspecified atom stereocenters. The van der Waals surface area contributed by atoms with E-state index in [4.69, 9.17) is 19.4 Å². The molecular weight excluding hydrogens is 818 g/mol. The molecule has 4 heterocycles. The SMILES string of the molecule is Bc1c(B)c(B)c(-c2nc(-c3c(B)c(B)c(B)c4oc5c(B)c(-n6c7ccccc7c7ccc(-c8ccccc8)cc76)c(B)c(B)c5c34)nc(-n3c4ccccc4c4ccccc43)n2)c(B)c1B. The number of para-hydroxylation sites is 3. The summed E-state index contributed by atoms with van der Waals surface area (Å²) in [6.07, 6.45) is 0. The third-order valence-corrected chi connectivity index (χ3v) is 15.8. The van der Waals surface area contributed by atoms with Gasteiger partial charge in [0.1, 0.15) is 97.5 Å². The monoisotopic (exact) mass is 861 g/mol. The Morgan fingerprint density at radius 2 is 0.809 bits per heavy atom. The van der Waals surface area contributed by atoms with Crippen molar-refractivity contribution in [2.24, 2.45) is 0 Å². The normalized spacial score (nSPS) is 11.9. The van der Waals surface area contributed by atoms with Crippen LogP contribution in [0, 0.1) is 0 Å². The quantitative estimate of drug-likeness (QED) is 0.162. The molecule has 0 aliphatic carbocycles. The van der Waals surface area contributed by atoms with Crippen LogP contribution in [0.25, 0.3) is 111 Å². The van der Waals surface area contributed by atoms with Gasteiger partial charge < -0.3 is 8.98 Å². The Balaban J connectivity index is 1.19. The number of nitrogens with zero attached hydrogens (tertiary/aromatic N) is 5. The van der Waals surface area contributed by atoms with Crippen LogP contribution < -0.4 is 60.1 Å². The Morgan fingerprint density at radius 3 is 1.41 bits per heavy atom. The number of hydrogen-bond donors (Lipinski definition) is 0. The minimum Gasteiger partial charge on any atom is -0.457 e. The van der Waals surface area contributed by atoms with Gasteiger partial charge in [-0.25, -0.2) is 4.98 Å². The Hall–Kier alpha value is -7.12. The fraction of sp³-hybridized carbons (Fsp3) is 0. The molecule has 0 amide bonds. The lowest BCUT2D eigenvalue weighted by Crippen LogP contribution is -2.55. The van der Waals surface area contributed by atoms with E-state index in [1.54, 1.807) is 0 Å². The van der Waals surface area contributed by atoms with Crippen molar-refractivity contribution < 1.29 is 4.42 Å². The van der Waals surface area contributed by atoms with Crippen LogP contribution in [0.1, 0.15) is 0 Å². The Morgan fingerprint density at radius 1 is 0.338 bits per heavy atom. The molecule has 0 atom stereocenters. The highest BCUT2D eigenvalue weighted by molar-refractivity contribution is 6.69. The van der Waals surface area contributed by atoms with Crippen molar-refractivity contribution in [1.29, 1.82) is 0 Å². The number of aromatic nitrogens is 5. The van der Waals surface area contributed by atoms with Crippen LogP contribution in [0.4, 0.5) is 0 Å². The van der Waals surface area contributed by atoms with E-state index in [2.05, 4.69) is 217 Å². The van der Waals surface area contributed by atoms with Gasteiger partial charge in [0.25, 0.3) is 0 Å². The van der Waals surface area contributed by atoms with E-state index >= 15 is 0 Å². The lowest BCUT2D eigenvalue weighted by molar-refractivity contribution is 0.674. The molecule has 4 aromatic heterocycles. The van der Waals surface area contributed by atoms with E-state index in [1.165, 1.54) is 71.2 Å². The molecule has 12 rings (SSSR count). The summed E-state index contributed by atoms with van der Waals surface area (Å²) < 4.78 is 12.0. The highest BCUT2D eigenvalue weighted by Crippen LogP contribution is 2.38. The molecular formula is C51H42B11N5O. The summed E-state index contributed by atoms with van der Waals surface area (Å²) in [6, 6.07) is 43.5. The summed E-state index contributed by atoms with van der Waals surface area (Å²) in [4.78, 5) is 16.7. The predicted octanol–water partition coefficient (Wildman–Crippen LogP) is -6.19. The third-order valence-electron chi connectivity index (χ3n) is 15.8. The van der Waals surface area contributed by atoms with Crippen molar-refractivity contribution in [3.8, 4) is 45.5 Å². The van der Waals surface area contributed by atoms with Gasteiger partial charge in [0.2, 0.25) is 5.95 Å². The minimum absolute atomic E-state index is 0.586. The average molecular weight is 860 g/mol. The van der Waals surface area contributed by atoms with Gasteiger partial charge in [-0.1, -0.05) is 135 Å². The molecule has 68 heavy (non-hydrogen) atoms. The molecule has 8 aromatic carbocycles. The van der Waals surface area contributed by atoms with Crippen LogP contribution in [-0.2, 0) is 0 Å². The fourth-order valence-corrected chi connectivity index (χ4v) is 11.4. The molecule has 0 aliphatic rings. The number of benzene rings is 8. The van der Waals surface area contributed by atoms with E-state index in [1.807, 2.05) is 0 Å². The maximum absolute atomic E-state index is 7.33. The maximum atomic E-state index is 7.33. The van der Waals surface area contributed by atoms with Crippen LogP contribution in [0.15, 0.2) is 126 Å². The first-order valence-electron chi connectivity index (χ1n) is 23.7. The van der Waals surface area contributed by atoms with Gasteiger partial charge in [-0.3, -0.25) is 4.57 Å². The molecule has 0 saturated heterocycles. The van der Waals surface area contributed by atoms with Crippen molar-refractivity contribution in [1.82, 2.24) is 24.1 Å². The number of furan rings is 1. The molecule has 0 spiro atoms. The second-order valence-electron chi connectivity index (χ2n) is 19.1. The second kappa shape index (κ2) is 15.5. The zero-order chi connectivity index (χ0) is 47.0.